The van der Waals surface area contributed by atoms with E-state index in [0.717, 1.165) is 51.3 Å². The number of piperazine rings is 1. The molecule has 3 rings (SSSR count). The Hall–Kier alpha value is -2.12. The van der Waals surface area contributed by atoms with Crippen LogP contribution in [0.2, 0.25) is 0 Å². The zero-order valence-electron chi connectivity index (χ0n) is 19.5. The lowest BCUT2D eigenvalue weighted by Crippen LogP contribution is -2.47. The van der Waals surface area contributed by atoms with E-state index in [2.05, 4.69) is 40.2 Å². The molecular weight excluding hydrogens is 392 g/mol. The number of carbonyl (C=O) groups excluding carboxylic acids is 2. The first-order valence-electron chi connectivity index (χ1n) is 11.6. The first-order chi connectivity index (χ1) is 14.8. The van der Waals surface area contributed by atoms with Crippen molar-refractivity contribution in [3.05, 3.63) is 35.4 Å². The van der Waals surface area contributed by atoms with E-state index in [-0.39, 0.29) is 5.91 Å². The lowest BCUT2D eigenvalue weighted by atomic mass is 10.1. The zero-order valence-corrected chi connectivity index (χ0v) is 19.5. The van der Waals surface area contributed by atoms with E-state index in [0.29, 0.717) is 19.5 Å². The molecule has 7 nitrogen and oxygen atoms in total. The van der Waals surface area contributed by atoms with E-state index in [1.54, 1.807) is 4.90 Å². The third kappa shape index (κ3) is 6.68. The minimum absolute atomic E-state index is 0.102. The average molecular weight is 431 g/mol. The molecule has 2 heterocycles. The number of nitrogens with zero attached hydrogens (tertiary/aromatic N) is 3. The van der Waals surface area contributed by atoms with Gasteiger partial charge < -0.3 is 15.0 Å². The van der Waals surface area contributed by atoms with Gasteiger partial charge in [-0.2, -0.15) is 0 Å². The van der Waals surface area contributed by atoms with Crippen molar-refractivity contribution in [1.82, 2.24) is 20.0 Å². The molecule has 1 atom stereocenters. The van der Waals surface area contributed by atoms with Crippen LogP contribution in [0.1, 0.15) is 51.7 Å². The topological polar surface area (TPSA) is 65.1 Å². The van der Waals surface area contributed by atoms with Crippen molar-refractivity contribution in [1.29, 1.82) is 0 Å². The van der Waals surface area contributed by atoms with Crippen LogP contribution in [0, 0.1) is 0 Å². The van der Waals surface area contributed by atoms with Crippen molar-refractivity contribution in [3.8, 4) is 0 Å². The summed E-state index contributed by atoms with van der Waals surface area (Å²) >= 11 is 0. The fourth-order valence-electron chi connectivity index (χ4n) is 4.27. The van der Waals surface area contributed by atoms with E-state index < -0.39 is 17.7 Å². The van der Waals surface area contributed by atoms with Gasteiger partial charge in [-0.05, 0) is 51.3 Å². The number of ether oxygens (including phenoxy) is 1. The first kappa shape index (κ1) is 23.5. The Balaban J connectivity index is 1.56. The maximum absolute atomic E-state index is 12.9. The summed E-state index contributed by atoms with van der Waals surface area (Å²) in [5.41, 5.74) is 1.82. The van der Waals surface area contributed by atoms with E-state index in [1.165, 1.54) is 5.56 Å². The maximum atomic E-state index is 12.9. The molecule has 2 amide bonds. The van der Waals surface area contributed by atoms with E-state index in [4.69, 9.17) is 4.74 Å². The number of carbonyl (C=O) groups is 2. The number of rotatable bonds is 6. The third-order valence-electron chi connectivity index (χ3n) is 6.06. The van der Waals surface area contributed by atoms with E-state index >= 15 is 0 Å². The van der Waals surface area contributed by atoms with Gasteiger partial charge >= 0.3 is 6.09 Å². The molecule has 0 aromatic heterocycles. The molecule has 0 radical (unpaired) electrons. The normalized spacial score (nSPS) is 20.6. The second-order valence-corrected chi connectivity index (χ2v) is 9.53. The van der Waals surface area contributed by atoms with Crippen LogP contribution in [0.15, 0.2) is 24.3 Å². The molecule has 2 saturated heterocycles. The van der Waals surface area contributed by atoms with Crippen molar-refractivity contribution in [3.63, 3.8) is 0 Å². The molecule has 0 bridgehead atoms. The summed E-state index contributed by atoms with van der Waals surface area (Å²) < 4.78 is 5.48. The lowest BCUT2D eigenvalue weighted by Gasteiger charge is -2.34. The van der Waals surface area contributed by atoms with Crippen LogP contribution >= 0.6 is 0 Å². The Labute approximate surface area is 186 Å². The van der Waals surface area contributed by atoms with E-state index in [1.807, 2.05) is 26.8 Å². The maximum Gasteiger partial charge on any atom is 0.410 e. The molecule has 1 N–H and O–H groups in total. The highest BCUT2D eigenvalue weighted by atomic mass is 16.6. The number of hydrogen-bond acceptors (Lipinski definition) is 5. The minimum atomic E-state index is -0.567. The number of likely N-dealkylation sites (tertiary alicyclic amines) is 1. The van der Waals surface area contributed by atoms with Crippen LogP contribution < -0.4 is 5.32 Å². The Kier molecular flexibility index (Phi) is 7.94. The predicted molar refractivity (Wildman–Crippen MR) is 122 cm³/mol. The molecule has 31 heavy (non-hydrogen) atoms. The Bertz CT molecular complexity index is 753. The monoisotopic (exact) mass is 430 g/mol. The van der Waals surface area contributed by atoms with Crippen LogP contribution in [0.3, 0.4) is 0 Å². The summed E-state index contributed by atoms with van der Waals surface area (Å²) in [7, 11) is 0. The zero-order chi connectivity index (χ0) is 22.4. The molecule has 2 fully saturated rings. The quantitative estimate of drug-likeness (QED) is 0.752. The Morgan fingerprint density at radius 2 is 1.68 bits per heavy atom. The van der Waals surface area contributed by atoms with Crippen LogP contribution in [-0.4, -0.2) is 77.6 Å². The smallest absolute Gasteiger partial charge is 0.410 e. The number of nitrogens with one attached hydrogen (secondary N) is 1. The van der Waals surface area contributed by atoms with Gasteiger partial charge in [0, 0.05) is 45.8 Å². The highest BCUT2D eigenvalue weighted by Crippen LogP contribution is 2.21. The van der Waals surface area contributed by atoms with Gasteiger partial charge in [-0.3, -0.25) is 14.6 Å². The minimum Gasteiger partial charge on any atom is -0.444 e. The molecular formula is C24H38N4O3. The highest BCUT2D eigenvalue weighted by molar-refractivity contribution is 5.86. The molecule has 2 aliphatic heterocycles. The lowest BCUT2D eigenvalue weighted by molar-refractivity contribution is -0.125. The SMILES string of the molecule is CCN1CCN(Cc2ccccc2CNC(=O)C2CCCN2C(=O)OC(C)(C)C)CC1. The number of amides is 2. The fraction of sp³-hybridized carbons (Fsp3) is 0.667. The fourth-order valence-corrected chi connectivity index (χ4v) is 4.27. The summed E-state index contributed by atoms with van der Waals surface area (Å²) in [5.74, 6) is -0.102. The summed E-state index contributed by atoms with van der Waals surface area (Å²) in [6.45, 7) is 15.1. The van der Waals surface area contributed by atoms with Gasteiger partial charge in [0.25, 0.3) is 0 Å². The van der Waals surface area contributed by atoms with Crippen LogP contribution in [-0.2, 0) is 22.6 Å². The molecule has 1 aromatic carbocycles. The second-order valence-electron chi connectivity index (χ2n) is 9.53. The number of benzene rings is 1. The summed E-state index contributed by atoms with van der Waals surface area (Å²) in [5, 5.41) is 3.07. The Morgan fingerprint density at radius 3 is 2.32 bits per heavy atom. The third-order valence-corrected chi connectivity index (χ3v) is 6.06. The molecule has 0 aliphatic carbocycles. The van der Waals surface area contributed by atoms with Crippen LogP contribution in [0.25, 0.3) is 0 Å². The van der Waals surface area contributed by atoms with Gasteiger partial charge in [-0.25, -0.2) is 4.79 Å². The summed E-state index contributed by atoms with van der Waals surface area (Å²) in [6.07, 6.45) is 1.09. The standard InChI is InChI=1S/C24H38N4O3/c1-5-26-13-15-27(16-14-26)18-20-10-7-6-9-19(20)17-25-22(29)21-11-8-12-28(21)23(30)31-24(2,3)4/h6-7,9-10,21H,5,8,11-18H2,1-4H3,(H,25,29). The van der Waals surface area contributed by atoms with Crippen molar-refractivity contribution in [2.75, 3.05) is 39.3 Å². The summed E-state index contributed by atoms with van der Waals surface area (Å²) in [4.78, 5) is 31.9. The van der Waals surface area contributed by atoms with Crippen LogP contribution in [0.5, 0.6) is 0 Å². The molecule has 0 spiro atoms. The predicted octanol–water partition coefficient (Wildman–Crippen LogP) is 2.84. The average Bonchev–Trinajstić information content (AvgIpc) is 3.22. The number of likely N-dealkylation sites (N-methyl/N-ethyl adjacent to an activating group) is 1. The van der Waals surface area contributed by atoms with Gasteiger partial charge in [-0.15, -0.1) is 0 Å². The first-order valence-corrected chi connectivity index (χ1v) is 11.6. The van der Waals surface area contributed by atoms with Gasteiger partial charge in [0.15, 0.2) is 0 Å². The van der Waals surface area contributed by atoms with Gasteiger partial charge in [0.1, 0.15) is 11.6 Å². The van der Waals surface area contributed by atoms with Crippen molar-refractivity contribution < 1.29 is 14.3 Å². The summed E-state index contributed by atoms with van der Waals surface area (Å²) in [6, 6.07) is 7.85. The molecule has 7 heteroatoms. The van der Waals surface area contributed by atoms with Gasteiger partial charge in [-0.1, -0.05) is 31.2 Å². The largest absolute Gasteiger partial charge is 0.444 e. The van der Waals surface area contributed by atoms with E-state index in [9.17, 15) is 9.59 Å². The molecule has 1 unspecified atom stereocenters. The van der Waals surface area contributed by atoms with Gasteiger partial charge in [0.2, 0.25) is 5.91 Å². The molecule has 172 valence electrons. The van der Waals surface area contributed by atoms with Crippen molar-refractivity contribution >= 4 is 12.0 Å². The molecule has 2 aliphatic rings. The second kappa shape index (κ2) is 10.5. The van der Waals surface area contributed by atoms with Gasteiger partial charge in [0.05, 0.1) is 0 Å². The Morgan fingerprint density at radius 1 is 1.03 bits per heavy atom. The van der Waals surface area contributed by atoms with Crippen molar-refractivity contribution in [2.45, 2.75) is 65.3 Å². The highest BCUT2D eigenvalue weighted by Gasteiger charge is 2.36. The number of hydrogen-bond donors (Lipinski definition) is 1. The molecule has 1 aromatic rings. The van der Waals surface area contributed by atoms with Crippen LogP contribution in [0.4, 0.5) is 4.79 Å². The molecule has 0 saturated carbocycles. The van der Waals surface area contributed by atoms with Crippen molar-refractivity contribution in [2.24, 2.45) is 0 Å².